The molecule has 1 unspecified atom stereocenters. The zero-order valence-electron chi connectivity index (χ0n) is 11.9. The standard InChI is InChI=1S/C16H21F2NO2/c17-12-6-7-15(18)11(8-12)9-14(10-16(20)21)19-13-4-2-1-3-5-13/h6-8,13-14,19H,1-5,9-10H2,(H,20,21). The first-order chi connectivity index (χ1) is 10.0. The van der Waals surface area contributed by atoms with Crippen molar-refractivity contribution in [3.63, 3.8) is 0 Å². The van der Waals surface area contributed by atoms with Crippen LogP contribution in [0.15, 0.2) is 18.2 Å². The van der Waals surface area contributed by atoms with Gasteiger partial charge in [-0.1, -0.05) is 19.3 Å². The second-order valence-electron chi connectivity index (χ2n) is 5.74. The molecule has 0 spiro atoms. The van der Waals surface area contributed by atoms with Crippen molar-refractivity contribution in [3.8, 4) is 0 Å². The van der Waals surface area contributed by atoms with Gasteiger partial charge in [-0.05, 0) is 43.0 Å². The summed E-state index contributed by atoms with van der Waals surface area (Å²) in [4.78, 5) is 11.0. The third-order valence-electron chi connectivity index (χ3n) is 3.97. The molecule has 1 aliphatic carbocycles. The third kappa shape index (κ3) is 5.08. The van der Waals surface area contributed by atoms with Crippen molar-refractivity contribution in [2.24, 2.45) is 0 Å². The molecule has 0 aromatic heterocycles. The number of hydrogen-bond donors (Lipinski definition) is 2. The molecule has 0 bridgehead atoms. The van der Waals surface area contributed by atoms with E-state index in [9.17, 15) is 13.6 Å². The van der Waals surface area contributed by atoms with Crippen LogP contribution in [0.25, 0.3) is 0 Å². The number of carboxylic acid groups (broad SMARTS) is 1. The van der Waals surface area contributed by atoms with Gasteiger partial charge in [0, 0.05) is 12.1 Å². The Labute approximate surface area is 123 Å². The van der Waals surface area contributed by atoms with Crippen LogP contribution in [-0.2, 0) is 11.2 Å². The second kappa shape index (κ2) is 7.50. The van der Waals surface area contributed by atoms with Gasteiger partial charge in [0.25, 0.3) is 0 Å². The first-order valence-electron chi connectivity index (χ1n) is 7.46. The van der Waals surface area contributed by atoms with E-state index < -0.39 is 17.6 Å². The van der Waals surface area contributed by atoms with Crippen molar-refractivity contribution in [3.05, 3.63) is 35.4 Å². The molecule has 5 heteroatoms. The summed E-state index contributed by atoms with van der Waals surface area (Å²) in [5.74, 6) is -1.92. The van der Waals surface area contributed by atoms with E-state index in [2.05, 4.69) is 5.32 Å². The molecular weight excluding hydrogens is 276 g/mol. The Kier molecular flexibility index (Phi) is 5.67. The van der Waals surface area contributed by atoms with E-state index in [-0.39, 0.29) is 30.5 Å². The number of carboxylic acids is 1. The molecule has 21 heavy (non-hydrogen) atoms. The molecule has 1 fully saturated rings. The molecule has 1 atom stereocenters. The monoisotopic (exact) mass is 297 g/mol. The van der Waals surface area contributed by atoms with E-state index in [0.29, 0.717) is 0 Å². The number of nitrogens with one attached hydrogen (secondary N) is 1. The summed E-state index contributed by atoms with van der Waals surface area (Å²) in [6.07, 6.45) is 5.60. The maximum absolute atomic E-state index is 13.7. The lowest BCUT2D eigenvalue weighted by atomic mass is 9.93. The normalized spacial score (nSPS) is 17.6. The molecule has 2 N–H and O–H groups in total. The van der Waals surface area contributed by atoms with Gasteiger partial charge >= 0.3 is 5.97 Å². The smallest absolute Gasteiger partial charge is 0.304 e. The predicted octanol–water partition coefficient (Wildman–Crippen LogP) is 3.27. The van der Waals surface area contributed by atoms with Crippen LogP contribution >= 0.6 is 0 Å². The lowest BCUT2D eigenvalue weighted by Gasteiger charge is -2.28. The van der Waals surface area contributed by atoms with Crippen molar-refractivity contribution in [2.45, 2.75) is 57.0 Å². The highest BCUT2D eigenvalue weighted by atomic mass is 19.1. The van der Waals surface area contributed by atoms with Crippen molar-refractivity contribution in [1.82, 2.24) is 5.32 Å². The zero-order valence-corrected chi connectivity index (χ0v) is 11.9. The summed E-state index contributed by atoms with van der Waals surface area (Å²) in [5, 5.41) is 12.3. The molecule has 0 radical (unpaired) electrons. The predicted molar refractivity (Wildman–Crippen MR) is 76.1 cm³/mol. The van der Waals surface area contributed by atoms with Gasteiger partial charge in [0.15, 0.2) is 0 Å². The Bertz CT molecular complexity index is 487. The van der Waals surface area contributed by atoms with E-state index >= 15 is 0 Å². The van der Waals surface area contributed by atoms with Crippen LogP contribution in [0.4, 0.5) is 8.78 Å². The molecule has 0 saturated heterocycles. The number of halogens is 2. The van der Waals surface area contributed by atoms with E-state index in [1.54, 1.807) is 0 Å². The van der Waals surface area contributed by atoms with Crippen LogP contribution in [0.3, 0.4) is 0 Å². The fourth-order valence-electron chi connectivity index (χ4n) is 2.97. The summed E-state index contributed by atoms with van der Waals surface area (Å²) in [6, 6.07) is 3.21. The number of benzene rings is 1. The van der Waals surface area contributed by atoms with Crippen LogP contribution in [-0.4, -0.2) is 23.2 Å². The molecular formula is C16H21F2NO2. The molecule has 1 aliphatic rings. The van der Waals surface area contributed by atoms with Gasteiger partial charge in [-0.15, -0.1) is 0 Å². The highest BCUT2D eigenvalue weighted by Crippen LogP contribution is 2.20. The van der Waals surface area contributed by atoms with E-state index in [4.69, 9.17) is 5.11 Å². The van der Waals surface area contributed by atoms with Gasteiger partial charge in [0.2, 0.25) is 0 Å². The molecule has 0 aliphatic heterocycles. The minimum absolute atomic E-state index is 0.0908. The lowest BCUT2D eigenvalue weighted by Crippen LogP contribution is -2.42. The van der Waals surface area contributed by atoms with Crippen LogP contribution < -0.4 is 5.32 Å². The first kappa shape index (κ1) is 15.9. The van der Waals surface area contributed by atoms with Gasteiger partial charge < -0.3 is 10.4 Å². The first-order valence-corrected chi connectivity index (χ1v) is 7.46. The van der Waals surface area contributed by atoms with Crippen LogP contribution in [0.5, 0.6) is 0 Å². The molecule has 1 saturated carbocycles. The fourth-order valence-corrected chi connectivity index (χ4v) is 2.97. The Morgan fingerprint density at radius 3 is 2.67 bits per heavy atom. The maximum atomic E-state index is 13.7. The van der Waals surface area contributed by atoms with E-state index in [1.807, 2.05) is 0 Å². The lowest BCUT2D eigenvalue weighted by molar-refractivity contribution is -0.137. The van der Waals surface area contributed by atoms with Crippen molar-refractivity contribution >= 4 is 5.97 Å². The average molecular weight is 297 g/mol. The summed E-state index contributed by atoms with van der Waals surface area (Å²) in [7, 11) is 0. The van der Waals surface area contributed by atoms with E-state index in [1.165, 1.54) is 6.42 Å². The SMILES string of the molecule is O=C(O)CC(Cc1cc(F)ccc1F)NC1CCCCC1. The van der Waals surface area contributed by atoms with Gasteiger partial charge in [-0.2, -0.15) is 0 Å². The number of hydrogen-bond acceptors (Lipinski definition) is 2. The molecule has 0 heterocycles. The Hall–Kier alpha value is -1.49. The highest BCUT2D eigenvalue weighted by Gasteiger charge is 2.21. The molecule has 3 nitrogen and oxygen atoms in total. The van der Waals surface area contributed by atoms with Crippen molar-refractivity contribution < 1.29 is 18.7 Å². The molecule has 2 rings (SSSR count). The van der Waals surface area contributed by atoms with Gasteiger partial charge in [0.1, 0.15) is 11.6 Å². The maximum Gasteiger partial charge on any atom is 0.304 e. The van der Waals surface area contributed by atoms with Crippen LogP contribution in [0, 0.1) is 11.6 Å². The average Bonchev–Trinajstić information content (AvgIpc) is 2.43. The number of rotatable bonds is 6. The van der Waals surface area contributed by atoms with Gasteiger partial charge in [-0.3, -0.25) is 4.79 Å². The van der Waals surface area contributed by atoms with Gasteiger partial charge in [0.05, 0.1) is 6.42 Å². The number of carbonyl (C=O) groups is 1. The van der Waals surface area contributed by atoms with Crippen molar-refractivity contribution in [2.75, 3.05) is 0 Å². The Morgan fingerprint density at radius 2 is 2.00 bits per heavy atom. The van der Waals surface area contributed by atoms with E-state index in [0.717, 1.165) is 43.9 Å². The fraction of sp³-hybridized carbons (Fsp3) is 0.562. The molecule has 1 aromatic carbocycles. The topological polar surface area (TPSA) is 49.3 Å². The zero-order chi connectivity index (χ0) is 15.2. The second-order valence-corrected chi connectivity index (χ2v) is 5.74. The Morgan fingerprint density at radius 1 is 1.29 bits per heavy atom. The number of aliphatic carboxylic acids is 1. The summed E-state index contributed by atoms with van der Waals surface area (Å²) >= 11 is 0. The van der Waals surface area contributed by atoms with Crippen LogP contribution in [0.1, 0.15) is 44.1 Å². The largest absolute Gasteiger partial charge is 0.481 e. The van der Waals surface area contributed by atoms with Gasteiger partial charge in [-0.25, -0.2) is 8.78 Å². The third-order valence-corrected chi connectivity index (χ3v) is 3.97. The summed E-state index contributed by atoms with van der Waals surface area (Å²) in [6.45, 7) is 0. The molecule has 0 amide bonds. The van der Waals surface area contributed by atoms with Crippen LogP contribution in [0.2, 0.25) is 0 Å². The molecule has 116 valence electrons. The summed E-state index contributed by atoms with van der Waals surface area (Å²) in [5.41, 5.74) is 0.226. The Balaban J connectivity index is 2.04. The highest BCUT2D eigenvalue weighted by molar-refractivity contribution is 5.67. The minimum atomic E-state index is -0.930. The molecule has 1 aromatic rings. The summed E-state index contributed by atoms with van der Waals surface area (Å²) < 4.78 is 26.9. The van der Waals surface area contributed by atoms with Crippen molar-refractivity contribution in [1.29, 1.82) is 0 Å². The minimum Gasteiger partial charge on any atom is -0.481 e. The quantitative estimate of drug-likeness (QED) is 0.847.